The third-order valence-corrected chi connectivity index (χ3v) is 16.4. The van der Waals surface area contributed by atoms with Gasteiger partial charge in [0, 0.05) is 0 Å². The highest BCUT2D eigenvalue weighted by Gasteiger charge is 2.70. The van der Waals surface area contributed by atoms with E-state index in [-0.39, 0.29) is 52.6 Å². The molecule has 6 N–H and O–H groups in total. The van der Waals surface area contributed by atoms with E-state index in [9.17, 15) is 40.2 Å². The Balaban J connectivity index is 1.15. The molecule has 12 heteroatoms. The number of carboxylic acids is 1. The number of ether oxygens (including phenoxy) is 4. The number of aliphatic hydroxyl groups excluding tert-OH is 5. The molecule has 2 aliphatic heterocycles. The van der Waals surface area contributed by atoms with Crippen LogP contribution < -0.4 is 0 Å². The number of hydrogen-bond acceptors (Lipinski definition) is 11. The minimum atomic E-state index is -1.62. The minimum absolute atomic E-state index is 0.0214. The van der Waals surface area contributed by atoms with E-state index in [0.29, 0.717) is 12.8 Å². The summed E-state index contributed by atoms with van der Waals surface area (Å²) in [6, 6.07) is 0. The van der Waals surface area contributed by atoms with Crippen LogP contribution in [0.25, 0.3) is 0 Å². The summed E-state index contributed by atoms with van der Waals surface area (Å²) in [6.45, 7) is 13.2. The quantitative estimate of drug-likeness (QED) is 0.133. The van der Waals surface area contributed by atoms with Crippen molar-refractivity contribution in [2.24, 2.45) is 50.2 Å². The first-order chi connectivity index (χ1) is 24.3. The van der Waals surface area contributed by atoms with Gasteiger partial charge in [0.15, 0.2) is 12.6 Å². The van der Waals surface area contributed by atoms with Crippen LogP contribution in [0.15, 0.2) is 11.6 Å². The summed E-state index contributed by atoms with van der Waals surface area (Å²) in [6.07, 6.45) is -0.415. The predicted molar refractivity (Wildman–Crippen MR) is 186 cm³/mol. The Morgan fingerprint density at radius 1 is 0.788 bits per heavy atom. The van der Waals surface area contributed by atoms with Crippen molar-refractivity contribution in [3.63, 3.8) is 0 Å². The Morgan fingerprint density at radius 3 is 2.12 bits per heavy atom. The molecule has 0 aromatic rings. The Morgan fingerprint density at radius 2 is 1.44 bits per heavy atom. The van der Waals surface area contributed by atoms with E-state index in [1.807, 2.05) is 6.92 Å². The van der Waals surface area contributed by atoms with E-state index >= 15 is 0 Å². The summed E-state index contributed by atoms with van der Waals surface area (Å²) in [4.78, 5) is 26.4. The molecular weight excluding hydrogens is 672 g/mol. The van der Waals surface area contributed by atoms with Crippen LogP contribution in [-0.4, -0.2) is 111 Å². The average Bonchev–Trinajstić information content (AvgIpc) is 3.09. The molecule has 0 aromatic carbocycles. The van der Waals surface area contributed by atoms with Gasteiger partial charge in [-0.1, -0.05) is 53.2 Å². The van der Waals surface area contributed by atoms with Gasteiger partial charge < -0.3 is 54.4 Å². The van der Waals surface area contributed by atoms with Crippen LogP contribution in [0, 0.1) is 50.2 Å². The maximum absolute atomic E-state index is 13.4. The topological polar surface area (TPSA) is 192 Å². The highest BCUT2D eigenvalue weighted by atomic mass is 16.7. The van der Waals surface area contributed by atoms with E-state index in [1.54, 1.807) is 0 Å². The fraction of sp³-hybridized carbons (Fsp3) is 0.900. The second kappa shape index (κ2) is 13.0. The van der Waals surface area contributed by atoms with E-state index < -0.39 is 72.1 Å². The average molecular weight is 735 g/mol. The van der Waals surface area contributed by atoms with Gasteiger partial charge in [-0.05, 0) is 104 Å². The van der Waals surface area contributed by atoms with Crippen molar-refractivity contribution in [1.82, 2.24) is 0 Å². The second-order valence-corrected chi connectivity index (χ2v) is 19.4. The number of rotatable bonds is 6. The third-order valence-electron chi connectivity index (χ3n) is 16.4. The van der Waals surface area contributed by atoms with Crippen molar-refractivity contribution in [2.75, 3.05) is 13.2 Å². The third kappa shape index (κ3) is 5.55. The SMILES string of the molecule is CC1(C)CCC2(C(=O)O)CCC3(C)C(=CCC4C5(C)CCC(OC6OCC(O)C(O)C6OC6OCC(O)C(O)C6O)C(C)(C=O)C5CCC43C)C2C1. The number of allylic oxidation sites excluding steroid dienone is 2. The van der Waals surface area contributed by atoms with E-state index in [4.69, 9.17) is 18.9 Å². The van der Waals surface area contributed by atoms with E-state index in [1.165, 1.54) is 5.57 Å². The first-order valence-electron chi connectivity index (χ1n) is 19.6. The number of carbonyl (C=O) groups is 2. The molecule has 0 amide bonds. The van der Waals surface area contributed by atoms with Gasteiger partial charge in [0.05, 0.1) is 30.1 Å². The van der Waals surface area contributed by atoms with Gasteiger partial charge in [-0.3, -0.25) is 4.79 Å². The smallest absolute Gasteiger partial charge is 0.310 e. The number of carbonyl (C=O) groups excluding carboxylic acids is 1. The molecule has 0 spiro atoms. The van der Waals surface area contributed by atoms with Gasteiger partial charge in [0.25, 0.3) is 0 Å². The van der Waals surface area contributed by atoms with Crippen LogP contribution in [0.4, 0.5) is 0 Å². The Kier molecular flexibility index (Phi) is 9.73. The molecule has 0 aromatic heterocycles. The number of aliphatic hydroxyl groups is 5. The van der Waals surface area contributed by atoms with Crippen molar-refractivity contribution >= 4 is 12.3 Å². The molecule has 0 radical (unpaired) electrons. The zero-order valence-corrected chi connectivity index (χ0v) is 31.7. The molecule has 7 aliphatic rings. The molecule has 52 heavy (non-hydrogen) atoms. The molecule has 294 valence electrons. The highest BCUT2D eigenvalue weighted by molar-refractivity contribution is 5.76. The Labute approximate surface area is 307 Å². The van der Waals surface area contributed by atoms with Gasteiger partial charge >= 0.3 is 5.97 Å². The van der Waals surface area contributed by atoms with Crippen molar-refractivity contribution in [2.45, 2.75) is 161 Å². The first kappa shape index (κ1) is 38.8. The predicted octanol–water partition coefficient (Wildman–Crippen LogP) is 3.34. The molecule has 4 saturated carbocycles. The van der Waals surface area contributed by atoms with Crippen LogP contribution in [0.2, 0.25) is 0 Å². The summed E-state index contributed by atoms with van der Waals surface area (Å²) in [5, 5.41) is 62.8. The molecule has 5 aliphatic carbocycles. The standard InChI is InChI=1S/C40H62O12/c1-35(2)13-15-40(34(47)48)16-14-38(5)21(22(40)17-35)7-8-26-36(3)11-10-27(37(4,20-41)25(36)9-12-39(26,38)6)51-33-31(29(45)24(43)19-50-33)52-32-30(46)28(44)23(42)18-49-32/h7,20,22-33,42-46H,8-19H2,1-6H3,(H,47,48). The fourth-order valence-corrected chi connectivity index (χ4v) is 13.0. The second-order valence-electron chi connectivity index (χ2n) is 19.4. The monoisotopic (exact) mass is 734 g/mol. The number of hydrogen-bond donors (Lipinski definition) is 6. The number of fused-ring (bicyclic) bond motifs is 7. The summed E-state index contributed by atoms with van der Waals surface area (Å²) >= 11 is 0. The molecule has 2 heterocycles. The van der Waals surface area contributed by atoms with Crippen molar-refractivity contribution in [1.29, 1.82) is 0 Å². The largest absolute Gasteiger partial charge is 0.481 e. The maximum Gasteiger partial charge on any atom is 0.310 e. The van der Waals surface area contributed by atoms with Gasteiger partial charge in [0.1, 0.15) is 42.9 Å². The lowest BCUT2D eigenvalue weighted by molar-refractivity contribution is -0.355. The lowest BCUT2D eigenvalue weighted by Gasteiger charge is -2.71. The number of carboxylic acid groups (broad SMARTS) is 1. The molecular formula is C40H62O12. The van der Waals surface area contributed by atoms with Crippen LogP contribution in [-0.2, 0) is 28.5 Å². The molecule has 12 nitrogen and oxygen atoms in total. The molecule has 0 bridgehead atoms. The molecule has 6 fully saturated rings. The first-order valence-corrected chi connectivity index (χ1v) is 19.6. The highest BCUT2D eigenvalue weighted by Crippen LogP contribution is 2.75. The molecule has 17 unspecified atom stereocenters. The molecule has 17 atom stereocenters. The van der Waals surface area contributed by atoms with Gasteiger partial charge in [-0.15, -0.1) is 0 Å². The Hall–Kier alpha value is -1.48. The zero-order valence-electron chi connectivity index (χ0n) is 31.7. The number of aliphatic carboxylic acids is 1. The summed E-state index contributed by atoms with van der Waals surface area (Å²) in [5.74, 6) is -0.378. The van der Waals surface area contributed by atoms with E-state index in [0.717, 1.165) is 57.7 Å². The van der Waals surface area contributed by atoms with Crippen LogP contribution in [0.3, 0.4) is 0 Å². The van der Waals surface area contributed by atoms with Gasteiger partial charge in [0.2, 0.25) is 0 Å². The Bertz CT molecular complexity index is 1430. The molecule has 2 saturated heterocycles. The summed E-state index contributed by atoms with van der Waals surface area (Å²) in [7, 11) is 0. The van der Waals surface area contributed by atoms with Gasteiger partial charge in [-0.2, -0.15) is 0 Å². The lowest BCUT2D eigenvalue weighted by atomic mass is 9.33. The van der Waals surface area contributed by atoms with Crippen molar-refractivity contribution in [3.05, 3.63) is 11.6 Å². The van der Waals surface area contributed by atoms with E-state index in [2.05, 4.69) is 40.7 Å². The lowest BCUT2D eigenvalue weighted by Crippen LogP contribution is -2.66. The minimum Gasteiger partial charge on any atom is -0.481 e. The van der Waals surface area contributed by atoms with Gasteiger partial charge in [-0.25, -0.2) is 0 Å². The zero-order chi connectivity index (χ0) is 37.8. The summed E-state index contributed by atoms with van der Waals surface area (Å²) in [5.41, 5.74) is -0.632. The van der Waals surface area contributed by atoms with Crippen molar-refractivity contribution < 1.29 is 59.2 Å². The fourth-order valence-electron chi connectivity index (χ4n) is 13.0. The molecule has 7 rings (SSSR count). The van der Waals surface area contributed by atoms with Crippen LogP contribution in [0.1, 0.15) is 106 Å². The maximum atomic E-state index is 13.4. The normalized spacial score (nSPS) is 54.4. The van der Waals surface area contributed by atoms with Crippen molar-refractivity contribution in [3.8, 4) is 0 Å². The number of aldehydes is 1. The van der Waals surface area contributed by atoms with Crippen LogP contribution in [0.5, 0.6) is 0 Å². The summed E-state index contributed by atoms with van der Waals surface area (Å²) < 4.78 is 23.8. The van der Waals surface area contributed by atoms with Crippen LogP contribution >= 0.6 is 0 Å².